The molecule has 7 heteroatoms. The van der Waals surface area contributed by atoms with Crippen LogP contribution in [-0.4, -0.2) is 37.7 Å². The van der Waals surface area contributed by atoms with Crippen LogP contribution < -0.4 is 14.2 Å². The normalized spacial score (nSPS) is 13.6. The van der Waals surface area contributed by atoms with E-state index in [2.05, 4.69) is 0 Å². The molecule has 2 aromatic rings. The summed E-state index contributed by atoms with van der Waals surface area (Å²) in [6.45, 7) is 2.21. The number of hydrogen-bond donors (Lipinski definition) is 0. The zero-order valence-electron chi connectivity index (χ0n) is 15.3. The fourth-order valence-electron chi connectivity index (χ4n) is 2.53. The maximum Gasteiger partial charge on any atom is 0.347 e. The smallest absolute Gasteiger partial charge is 0.347 e. The molecule has 0 saturated heterocycles. The van der Waals surface area contributed by atoms with E-state index < -0.39 is 18.7 Å². The van der Waals surface area contributed by atoms with Gasteiger partial charge in [0.2, 0.25) is 0 Å². The van der Waals surface area contributed by atoms with Crippen LogP contribution in [0.1, 0.15) is 29.3 Å². The zero-order chi connectivity index (χ0) is 19.9. The van der Waals surface area contributed by atoms with Gasteiger partial charge in [-0.1, -0.05) is 0 Å². The van der Waals surface area contributed by atoms with Gasteiger partial charge in [-0.05, 0) is 49.4 Å². The number of Topliss-reactive ketones (excluding diaryl/α,β-unsaturated/α-hetero) is 1. The molecule has 0 aromatic heterocycles. The first kappa shape index (κ1) is 19.2. The van der Waals surface area contributed by atoms with Gasteiger partial charge in [0.15, 0.2) is 30.0 Å². The van der Waals surface area contributed by atoms with Crippen molar-refractivity contribution in [1.82, 2.24) is 0 Å². The Labute approximate surface area is 162 Å². The Morgan fingerprint density at radius 2 is 1.82 bits per heavy atom. The molecular weight excluding hydrogens is 362 g/mol. The second-order valence-corrected chi connectivity index (χ2v) is 6.14. The summed E-state index contributed by atoms with van der Waals surface area (Å²) >= 11 is 0. The number of esters is 1. The Morgan fingerprint density at radius 1 is 1.11 bits per heavy atom. The largest absolute Gasteiger partial charge is 0.490 e. The molecule has 2 aromatic carbocycles. The third-order valence-corrected chi connectivity index (χ3v) is 4.04. The van der Waals surface area contributed by atoms with Crippen LogP contribution in [0.25, 0.3) is 0 Å². The maximum atomic E-state index is 12.3. The predicted molar refractivity (Wildman–Crippen MR) is 98.6 cm³/mol. The van der Waals surface area contributed by atoms with Gasteiger partial charge in [0, 0.05) is 12.0 Å². The van der Waals surface area contributed by atoms with Crippen molar-refractivity contribution < 1.29 is 28.5 Å². The Morgan fingerprint density at radius 3 is 2.54 bits per heavy atom. The van der Waals surface area contributed by atoms with Gasteiger partial charge >= 0.3 is 5.97 Å². The van der Waals surface area contributed by atoms with Crippen LogP contribution in [-0.2, 0) is 9.53 Å². The van der Waals surface area contributed by atoms with Crippen LogP contribution in [0.3, 0.4) is 0 Å². The molecule has 0 unspecified atom stereocenters. The van der Waals surface area contributed by atoms with Crippen LogP contribution in [0.15, 0.2) is 42.5 Å². The fourth-order valence-corrected chi connectivity index (χ4v) is 2.53. The Balaban J connectivity index is 1.54. The number of hydrogen-bond acceptors (Lipinski definition) is 7. The van der Waals surface area contributed by atoms with Gasteiger partial charge in [-0.25, -0.2) is 4.79 Å². The fraction of sp³-hybridized carbons (Fsp3) is 0.286. The molecule has 144 valence electrons. The molecule has 3 rings (SSSR count). The number of benzene rings is 2. The number of fused-ring (bicyclic) bond motifs is 1. The van der Waals surface area contributed by atoms with Crippen molar-refractivity contribution in [3.63, 3.8) is 0 Å². The van der Waals surface area contributed by atoms with Crippen molar-refractivity contribution in [3.8, 4) is 23.3 Å². The lowest BCUT2D eigenvalue weighted by atomic mass is 10.1. The van der Waals surface area contributed by atoms with Gasteiger partial charge in [-0.2, -0.15) is 5.26 Å². The minimum Gasteiger partial charge on any atom is -0.490 e. The van der Waals surface area contributed by atoms with E-state index in [0.717, 1.165) is 6.42 Å². The number of nitriles is 1. The first-order valence-electron chi connectivity index (χ1n) is 8.83. The van der Waals surface area contributed by atoms with Crippen molar-refractivity contribution in [2.75, 3.05) is 19.8 Å². The molecule has 1 heterocycles. The molecule has 0 fully saturated rings. The molecule has 1 aliphatic heterocycles. The molecule has 7 nitrogen and oxygen atoms in total. The van der Waals surface area contributed by atoms with E-state index in [1.165, 1.54) is 6.92 Å². The minimum absolute atomic E-state index is 0.352. The molecule has 28 heavy (non-hydrogen) atoms. The molecule has 0 spiro atoms. The van der Waals surface area contributed by atoms with E-state index in [9.17, 15) is 9.59 Å². The van der Waals surface area contributed by atoms with Gasteiger partial charge in [-0.3, -0.25) is 4.79 Å². The zero-order valence-corrected chi connectivity index (χ0v) is 15.3. The average molecular weight is 381 g/mol. The molecule has 0 radical (unpaired) electrons. The first-order chi connectivity index (χ1) is 13.6. The van der Waals surface area contributed by atoms with E-state index in [1.807, 2.05) is 6.07 Å². The lowest BCUT2D eigenvalue weighted by Gasteiger charge is -2.14. The molecule has 0 saturated carbocycles. The third kappa shape index (κ3) is 4.80. The van der Waals surface area contributed by atoms with Crippen LogP contribution in [0.5, 0.6) is 17.2 Å². The Kier molecular flexibility index (Phi) is 6.12. The SMILES string of the molecule is C[C@H](Oc1ccc(C#N)cc1)C(=O)OCC(=O)c1ccc2c(c1)OCCCO2. The Hall–Kier alpha value is -3.53. The summed E-state index contributed by atoms with van der Waals surface area (Å²) in [7, 11) is 0. The number of carbonyl (C=O) groups excluding carboxylic acids is 2. The Bertz CT molecular complexity index is 900. The highest BCUT2D eigenvalue weighted by molar-refractivity contribution is 5.98. The van der Waals surface area contributed by atoms with Crippen molar-refractivity contribution in [2.45, 2.75) is 19.4 Å². The van der Waals surface area contributed by atoms with E-state index in [-0.39, 0.29) is 5.78 Å². The minimum atomic E-state index is -0.899. The summed E-state index contributed by atoms with van der Waals surface area (Å²) in [5.41, 5.74) is 0.862. The lowest BCUT2D eigenvalue weighted by Crippen LogP contribution is -2.28. The van der Waals surface area contributed by atoms with E-state index in [0.29, 0.717) is 41.6 Å². The molecule has 1 aliphatic rings. The van der Waals surface area contributed by atoms with Crippen molar-refractivity contribution in [3.05, 3.63) is 53.6 Å². The number of rotatable bonds is 6. The molecule has 0 amide bonds. The third-order valence-electron chi connectivity index (χ3n) is 4.04. The number of ketones is 1. The number of nitrogens with zero attached hydrogens (tertiary/aromatic N) is 1. The summed E-state index contributed by atoms with van der Waals surface area (Å²) in [5, 5.41) is 8.78. The number of ether oxygens (including phenoxy) is 4. The molecule has 0 aliphatic carbocycles. The van der Waals surface area contributed by atoms with Crippen molar-refractivity contribution >= 4 is 11.8 Å². The van der Waals surface area contributed by atoms with E-state index >= 15 is 0 Å². The van der Waals surface area contributed by atoms with Gasteiger partial charge in [0.05, 0.1) is 24.8 Å². The van der Waals surface area contributed by atoms with Crippen LogP contribution in [0, 0.1) is 11.3 Å². The summed E-state index contributed by atoms with van der Waals surface area (Å²) in [6, 6.07) is 13.2. The second kappa shape index (κ2) is 8.91. The van der Waals surface area contributed by atoms with Crippen LogP contribution in [0.2, 0.25) is 0 Å². The lowest BCUT2D eigenvalue weighted by molar-refractivity contribution is -0.149. The first-order valence-corrected chi connectivity index (χ1v) is 8.83. The summed E-state index contributed by atoms with van der Waals surface area (Å²) in [6.07, 6.45) is -0.128. The topological polar surface area (TPSA) is 94.8 Å². The second-order valence-electron chi connectivity index (χ2n) is 6.14. The van der Waals surface area contributed by atoms with Crippen LogP contribution in [0.4, 0.5) is 0 Å². The maximum absolute atomic E-state index is 12.3. The highest BCUT2D eigenvalue weighted by atomic mass is 16.6. The van der Waals surface area contributed by atoms with E-state index in [1.54, 1.807) is 42.5 Å². The molecule has 0 N–H and O–H groups in total. The van der Waals surface area contributed by atoms with Crippen molar-refractivity contribution in [1.29, 1.82) is 5.26 Å². The van der Waals surface area contributed by atoms with E-state index in [4.69, 9.17) is 24.2 Å². The molecule has 0 bridgehead atoms. The standard InChI is InChI=1S/C21H19NO6/c1-14(28-17-6-3-15(12-22)4-7-17)21(24)27-13-18(23)16-5-8-19-20(11-16)26-10-2-9-25-19/h3-8,11,14H,2,9-10,13H2,1H3/t14-/m0/s1. The highest BCUT2D eigenvalue weighted by Crippen LogP contribution is 2.30. The molecular formula is C21H19NO6. The van der Waals surface area contributed by atoms with Gasteiger partial charge in [-0.15, -0.1) is 0 Å². The summed E-state index contributed by atoms with van der Waals surface area (Å²) in [5.74, 6) is 0.516. The quantitative estimate of drug-likeness (QED) is 0.561. The van der Waals surface area contributed by atoms with Gasteiger partial charge < -0.3 is 18.9 Å². The van der Waals surface area contributed by atoms with Crippen LogP contribution >= 0.6 is 0 Å². The number of carbonyl (C=O) groups is 2. The van der Waals surface area contributed by atoms with Gasteiger partial charge in [0.25, 0.3) is 0 Å². The molecule has 1 atom stereocenters. The average Bonchev–Trinajstić information content (AvgIpc) is 2.97. The van der Waals surface area contributed by atoms with Crippen molar-refractivity contribution in [2.24, 2.45) is 0 Å². The monoisotopic (exact) mass is 381 g/mol. The summed E-state index contributed by atoms with van der Waals surface area (Å²) < 4.78 is 21.6. The highest BCUT2D eigenvalue weighted by Gasteiger charge is 2.19. The van der Waals surface area contributed by atoms with Gasteiger partial charge in [0.1, 0.15) is 5.75 Å². The predicted octanol–water partition coefficient (Wildman–Crippen LogP) is 2.91. The summed E-state index contributed by atoms with van der Waals surface area (Å²) in [4.78, 5) is 24.4.